The standard InChI is InChI=1S/C58H99NO5/c1-4-7-10-13-16-19-22-25-27-28-29-30-33-36-39-42-45-48-51-58(63)64-54(49-46-43-40-37-34-32-26-23-20-17-14-11-8-5-2)52-57(62)59-55(53-60)56(61)50-47-44-41-38-35-31-24-21-18-15-12-9-6-3/h8,11,16-17,19-20,22,25-30,32,37,40,54-56,60-61H,4-7,9-10,12-15,18,21,23-24,31,33-36,38-39,41-53H2,1-3H3,(H,59,62)/b11-8+,19-16+,20-17+,25-22+,28-27+,30-29+,32-26+,40-37+. The van der Waals surface area contributed by atoms with Gasteiger partial charge in [-0.3, -0.25) is 9.59 Å². The normalized spacial score (nSPS) is 14.0. The summed E-state index contributed by atoms with van der Waals surface area (Å²) < 4.78 is 5.90. The molecule has 64 heavy (non-hydrogen) atoms. The van der Waals surface area contributed by atoms with Crippen LogP contribution in [0.2, 0.25) is 0 Å². The smallest absolute Gasteiger partial charge is 0.306 e. The quantitative estimate of drug-likeness (QED) is 0.0245. The van der Waals surface area contributed by atoms with Crippen LogP contribution in [0.25, 0.3) is 0 Å². The average molecular weight is 890 g/mol. The van der Waals surface area contributed by atoms with Crippen molar-refractivity contribution in [1.29, 1.82) is 0 Å². The van der Waals surface area contributed by atoms with E-state index in [9.17, 15) is 19.8 Å². The van der Waals surface area contributed by atoms with Crippen LogP contribution >= 0.6 is 0 Å². The Kier molecular flexibility index (Phi) is 48.2. The number of amides is 1. The van der Waals surface area contributed by atoms with Crippen molar-refractivity contribution in [2.24, 2.45) is 0 Å². The molecular weight excluding hydrogens is 791 g/mol. The largest absolute Gasteiger partial charge is 0.462 e. The summed E-state index contributed by atoms with van der Waals surface area (Å²) in [7, 11) is 0. The molecular formula is C58H99NO5. The van der Waals surface area contributed by atoms with Gasteiger partial charge < -0.3 is 20.3 Å². The maximum Gasteiger partial charge on any atom is 0.306 e. The zero-order valence-electron chi connectivity index (χ0n) is 41.6. The maximum absolute atomic E-state index is 13.2. The van der Waals surface area contributed by atoms with Gasteiger partial charge in [-0.15, -0.1) is 0 Å². The molecule has 366 valence electrons. The third-order valence-electron chi connectivity index (χ3n) is 11.5. The average Bonchev–Trinajstić information content (AvgIpc) is 3.29. The Balaban J connectivity index is 4.72. The molecule has 0 aromatic carbocycles. The molecule has 0 fully saturated rings. The van der Waals surface area contributed by atoms with Crippen LogP contribution in [0.1, 0.15) is 233 Å². The summed E-state index contributed by atoms with van der Waals surface area (Å²) >= 11 is 0. The highest BCUT2D eigenvalue weighted by Gasteiger charge is 2.24. The molecule has 0 saturated carbocycles. The molecule has 0 spiro atoms. The van der Waals surface area contributed by atoms with E-state index in [1.165, 1.54) is 83.5 Å². The number of allylic oxidation sites excluding steroid dienone is 16. The number of aliphatic hydroxyl groups is 2. The lowest BCUT2D eigenvalue weighted by molar-refractivity contribution is -0.151. The topological polar surface area (TPSA) is 95.9 Å². The van der Waals surface area contributed by atoms with Gasteiger partial charge in [-0.05, 0) is 83.5 Å². The molecule has 0 rings (SSSR count). The Morgan fingerprint density at radius 1 is 0.484 bits per heavy atom. The Morgan fingerprint density at radius 2 is 0.922 bits per heavy atom. The van der Waals surface area contributed by atoms with Crippen molar-refractivity contribution in [3.05, 3.63) is 97.2 Å². The number of esters is 1. The van der Waals surface area contributed by atoms with E-state index in [2.05, 4.69) is 123 Å². The maximum atomic E-state index is 13.2. The summed E-state index contributed by atoms with van der Waals surface area (Å²) in [6, 6.07) is -0.730. The molecule has 6 heteroatoms. The Bertz CT molecular complexity index is 1270. The van der Waals surface area contributed by atoms with Gasteiger partial charge in [-0.2, -0.15) is 0 Å². The Hall–Kier alpha value is -3.22. The second-order valence-corrected chi connectivity index (χ2v) is 17.6. The number of rotatable bonds is 46. The SMILES string of the molecule is CC/C=C/C/C=C/C/C=C/C/C=C/CCCC(CC(=O)NC(CO)C(O)CCCCCCCCCCCCCCC)OC(=O)CCCCCCC/C=C/C=C/C=C/C=C/CCCCC. The molecule has 3 N–H and O–H groups in total. The molecule has 0 aliphatic heterocycles. The second-order valence-electron chi connectivity index (χ2n) is 17.6. The third-order valence-corrected chi connectivity index (χ3v) is 11.5. The van der Waals surface area contributed by atoms with Gasteiger partial charge in [0.2, 0.25) is 5.91 Å². The Labute approximate surface area is 395 Å². The van der Waals surface area contributed by atoms with Crippen LogP contribution in [0.3, 0.4) is 0 Å². The lowest BCUT2D eigenvalue weighted by Crippen LogP contribution is -2.46. The molecule has 3 unspecified atom stereocenters. The number of ether oxygens (including phenoxy) is 1. The lowest BCUT2D eigenvalue weighted by Gasteiger charge is -2.24. The first-order valence-corrected chi connectivity index (χ1v) is 26.5. The summed E-state index contributed by atoms with van der Waals surface area (Å²) in [6.07, 6.45) is 67.5. The molecule has 1 amide bonds. The van der Waals surface area contributed by atoms with E-state index in [0.717, 1.165) is 103 Å². The highest BCUT2D eigenvalue weighted by atomic mass is 16.5. The van der Waals surface area contributed by atoms with E-state index in [4.69, 9.17) is 4.74 Å². The van der Waals surface area contributed by atoms with Crippen LogP contribution in [0.5, 0.6) is 0 Å². The summed E-state index contributed by atoms with van der Waals surface area (Å²) in [5.41, 5.74) is 0. The molecule has 0 bridgehead atoms. The number of hydrogen-bond acceptors (Lipinski definition) is 5. The second kappa shape index (κ2) is 50.8. The van der Waals surface area contributed by atoms with Gasteiger partial charge >= 0.3 is 5.97 Å². The van der Waals surface area contributed by atoms with Crippen molar-refractivity contribution in [1.82, 2.24) is 5.32 Å². The summed E-state index contributed by atoms with van der Waals surface area (Å²) in [4.78, 5) is 26.2. The molecule has 0 radical (unpaired) electrons. The number of carbonyl (C=O) groups excluding carboxylic acids is 2. The van der Waals surface area contributed by atoms with Gasteiger partial charge in [0.05, 0.1) is 25.2 Å². The Morgan fingerprint density at radius 3 is 1.47 bits per heavy atom. The van der Waals surface area contributed by atoms with Crippen molar-refractivity contribution in [3.8, 4) is 0 Å². The minimum atomic E-state index is -0.812. The summed E-state index contributed by atoms with van der Waals surface area (Å²) in [5, 5.41) is 23.8. The molecule has 0 aromatic heterocycles. The number of nitrogens with one attached hydrogen (secondary N) is 1. The zero-order valence-corrected chi connectivity index (χ0v) is 41.6. The first kappa shape index (κ1) is 60.8. The molecule has 0 saturated heterocycles. The van der Waals surface area contributed by atoms with E-state index in [1.54, 1.807) is 0 Å². The van der Waals surface area contributed by atoms with E-state index < -0.39 is 18.2 Å². The third kappa shape index (κ3) is 45.4. The fourth-order valence-electron chi connectivity index (χ4n) is 7.50. The summed E-state index contributed by atoms with van der Waals surface area (Å²) in [5.74, 6) is -0.561. The monoisotopic (exact) mass is 890 g/mol. The van der Waals surface area contributed by atoms with Crippen molar-refractivity contribution >= 4 is 11.9 Å². The van der Waals surface area contributed by atoms with Gasteiger partial charge in [-0.25, -0.2) is 0 Å². The number of hydrogen-bond donors (Lipinski definition) is 3. The van der Waals surface area contributed by atoms with E-state index in [1.807, 2.05) is 0 Å². The number of aliphatic hydroxyl groups excluding tert-OH is 2. The molecule has 0 aromatic rings. The molecule has 3 atom stereocenters. The first-order valence-electron chi connectivity index (χ1n) is 26.5. The zero-order chi connectivity index (χ0) is 46.7. The van der Waals surface area contributed by atoms with Crippen molar-refractivity contribution < 1.29 is 24.5 Å². The van der Waals surface area contributed by atoms with E-state index in [-0.39, 0.29) is 24.9 Å². The summed E-state index contributed by atoms with van der Waals surface area (Å²) in [6.45, 7) is 6.31. The van der Waals surface area contributed by atoms with Gasteiger partial charge in [0.25, 0.3) is 0 Å². The van der Waals surface area contributed by atoms with Crippen molar-refractivity contribution in [3.63, 3.8) is 0 Å². The van der Waals surface area contributed by atoms with Crippen molar-refractivity contribution in [2.75, 3.05) is 6.61 Å². The van der Waals surface area contributed by atoms with Gasteiger partial charge in [0, 0.05) is 6.42 Å². The lowest BCUT2D eigenvalue weighted by atomic mass is 10.0. The van der Waals surface area contributed by atoms with Crippen LogP contribution < -0.4 is 5.32 Å². The van der Waals surface area contributed by atoms with Crippen LogP contribution in [0.15, 0.2) is 97.2 Å². The molecule has 0 aliphatic rings. The van der Waals surface area contributed by atoms with Gasteiger partial charge in [-0.1, -0.05) is 234 Å². The van der Waals surface area contributed by atoms with Gasteiger partial charge in [0.1, 0.15) is 6.10 Å². The van der Waals surface area contributed by atoms with Crippen LogP contribution in [0.4, 0.5) is 0 Å². The molecule has 0 aliphatic carbocycles. The first-order chi connectivity index (χ1) is 31.5. The van der Waals surface area contributed by atoms with Crippen molar-refractivity contribution in [2.45, 2.75) is 251 Å². The minimum Gasteiger partial charge on any atom is -0.462 e. The van der Waals surface area contributed by atoms with Crippen LogP contribution in [0, 0.1) is 0 Å². The van der Waals surface area contributed by atoms with E-state index >= 15 is 0 Å². The fourth-order valence-corrected chi connectivity index (χ4v) is 7.50. The molecule has 6 nitrogen and oxygen atoms in total. The molecule has 0 heterocycles. The number of unbranched alkanes of at least 4 members (excludes halogenated alkanes) is 21. The highest BCUT2D eigenvalue weighted by Crippen LogP contribution is 2.17. The predicted molar refractivity (Wildman–Crippen MR) is 277 cm³/mol. The number of carbonyl (C=O) groups is 2. The predicted octanol–water partition coefficient (Wildman–Crippen LogP) is 16.1. The van der Waals surface area contributed by atoms with E-state index in [0.29, 0.717) is 19.3 Å². The van der Waals surface area contributed by atoms with Crippen LogP contribution in [-0.4, -0.2) is 46.9 Å². The fraction of sp³-hybridized carbons (Fsp3) is 0.690. The minimum absolute atomic E-state index is 0.0249. The highest BCUT2D eigenvalue weighted by molar-refractivity contribution is 5.77. The van der Waals surface area contributed by atoms with Crippen LogP contribution in [-0.2, 0) is 14.3 Å². The van der Waals surface area contributed by atoms with Gasteiger partial charge in [0.15, 0.2) is 0 Å².